The smallest absolute Gasteiger partial charge is 0.194 e. The highest BCUT2D eigenvalue weighted by molar-refractivity contribution is 8.03. The molecule has 0 aliphatic rings. The lowest BCUT2D eigenvalue weighted by molar-refractivity contribution is 0.102. The molecule has 9 heteroatoms. The molecule has 0 aromatic carbocycles. The lowest BCUT2D eigenvalue weighted by Crippen LogP contribution is -2.05. The molecule has 26 heavy (non-hydrogen) atoms. The van der Waals surface area contributed by atoms with Crippen molar-refractivity contribution in [1.82, 2.24) is 19.7 Å². The predicted molar refractivity (Wildman–Crippen MR) is 112 cm³/mol. The zero-order valence-corrected chi connectivity index (χ0v) is 18.4. The van der Waals surface area contributed by atoms with Crippen LogP contribution in [0.15, 0.2) is 20.1 Å². The molecule has 0 unspecified atom stereocenters. The molecule has 0 saturated carbocycles. The summed E-state index contributed by atoms with van der Waals surface area (Å²) in [5.74, 6) is 1.52. The Kier molecular flexibility index (Phi) is 6.55. The number of thiazole rings is 1. The van der Waals surface area contributed by atoms with Crippen molar-refractivity contribution in [3.05, 3.63) is 34.1 Å². The van der Waals surface area contributed by atoms with E-state index in [2.05, 4.69) is 26.7 Å². The van der Waals surface area contributed by atoms with Crippen molar-refractivity contribution in [2.24, 2.45) is 0 Å². The van der Waals surface area contributed by atoms with Gasteiger partial charge in [-0.3, -0.25) is 9.36 Å². The first kappa shape index (κ1) is 19.6. The van der Waals surface area contributed by atoms with Crippen LogP contribution in [0.1, 0.15) is 40.8 Å². The van der Waals surface area contributed by atoms with Crippen molar-refractivity contribution in [2.75, 3.05) is 11.5 Å². The number of ketones is 1. The first-order valence-electron chi connectivity index (χ1n) is 8.23. The van der Waals surface area contributed by atoms with Crippen LogP contribution in [0.2, 0.25) is 0 Å². The number of Topliss-reactive ketones (excluding diaryl/α,β-unsaturated/α-hetero) is 1. The SMILES string of the molecule is CCCSc1nnc(SCC(=O)c2cc(C)n(-c3nc(C)cs3)c2C)s1. The van der Waals surface area contributed by atoms with Gasteiger partial charge in [0.1, 0.15) is 0 Å². The second kappa shape index (κ2) is 8.69. The molecule has 0 amide bonds. The number of nitrogens with zero attached hydrogens (tertiary/aromatic N) is 4. The molecule has 3 aromatic heterocycles. The fourth-order valence-electron chi connectivity index (χ4n) is 2.49. The van der Waals surface area contributed by atoms with Gasteiger partial charge in [0.15, 0.2) is 19.6 Å². The van der Waals surface area contributed by atoms with E-state index < -0.39 is 0 Å². The Bertz CT molecular complexity index is 912. The van der Waals surface area contributed by atoms with Crippen molar-refractivity contribution in [2.45, 2.75) is 42.8 Å². The molecular formula is C17H20N4OS4. The standard InChI is InChI=1S/C17H20N4OS4/c1-5-6-23-16-19-20-17(26-16)25-9-14(22)13-7-11(3)21(12(13)4)15-18-10(2)8-24-15/h7-8H,5-6,9H2,1-4H3. The summed E-state index contributed by atoms with van der Waals surface area (Å²) in [6.45, 7) is 8.11. The maximum atomic E-state index is 12.7. The number of rotatable bonds is 8. The van der Waals surface area contributed by atoms with Gasteiger partial charge in [-0.15, -0.1) is 21.5 Å². The van der Waals surface area contributed by atoms with Crippen molar-refractivity contribution < 1.29 is 4.79 Å². The highest BCUT2D eigenvalue weighted by Crippen LogP contribution is 2.30. The van der Waals surface area contributed by atoms with Gasteiger partial charge in [0.05, 0.1) is 11.4 Å². The van der Waals surface area contributed by atoms with Crippen LogP contribution in [0, 0.1) is 20.8 Å². The maximum absolute atomic E-state index is 12.7. The van der Waals surface area contributed by atoms with Crippen LogP contribution in [0.25, 0.3) is 5.13 Å². The minimum atomic E-state index is 0.112. The van der Waals surface area contributed by atoms with Crippen molar-refractivity contribution in [1.29, 1.82) is 0 Å². The van der Waals surface area contributed by atoms with Gasteiger partial charge in [-0.1, -0.05) is 41.8 Å². The first-order valence-corrected chi connectivity index (χ1v) is 11.9. The molecule has 5 nitrogen and oxygen atoms in total. The van der Waals surface area contributed by atoms with E-state index in [1.54, 1.807) is 34.4 Å². The van der Waals surface area contributed by atoms with Gasteiger partial charge >= 0.3 is 0 Å². The van der Waals surface area contributed by atoms with E-state index in [1.165, 1.54) is 11.8 Å². The molecule has 0 bridgehead atoms. The summed E-state index contributed by atoms with van der Waals surface area (Å²) in [5, 5.41) is 11.3. The van der Waals surface area contributed by atoms with E-state index in [0.717, 1.165) is 48.6 Å². The van der Waals surface area contributed by atoms with Crippen LogP contribution in [-0.4, -0.2) is 37.0 Å². The Labute approximate surface area is 169 Å². The third-order valence-corrected chi connectivity index (χ3v) is 8.01. The number of hydrogen-bond acceptors (Lipinski definition) is 8. The Morgan fingerprint density at radius 1 is 1.19 bits per heavy atom. The van der Waals surface area contributed by atoms with E-state index >= 15 is 0 Å². The number of hydrogen-bond donors (Lipinski definition) is 0. The number of aryl methyl sites for hydroxylation is 2. The molecule has 0 aliphatic carbocycles. The Morgan fingerprint density at radius 2 is 1.92 bits per heavy atom. The van der Waals surface area contributed by atoms with Crippen molar-refractivity contribution in [3.63, 3.8) is 0 Å². The van der Waals surface area contributed by atoms with E-state index in [9.17, 15) is 4.79 Å². The van der Waals surface area contributed by atoms with Crippen LogP contribution >= 0.6 is 46.2 Å². The number of carbonyl (C=O) groups is 1. The van der Waals surface area contributed by atoms with Gasteiger partial charge in [-0.25, -0.2) is 4.98 Å². The van der Waals surface area contributed by atoms with E-state index in [1.807, 2.05) is 32.2 Å². The summed E-state index contributed by atoms with van der Waals surface area (Å²) in [7, 11) is 0. The van der Waals surface area contributed by atoms with Crippen molar-refractivity contribution >= 4 is 52.0 Å². The summed E-state index contributed by atoms with van der Waals surface area (Å²) in [6, 6.07) is 1.96. The molecular weight excluding hydrogens is 404 g/mol. The molecule has 0 spiro atoms. The summed E-state index contributed by atoms with van der Waals surface area (Å²) >= 11 is 6.33. The predicted octanol–water partition coefficient (Wildman–Crippen LogP) is 5.19. The van der Waals surface area contributed by atoms with E-state index in [0.29, 0.717) is 5.75 Å². The first-order chi connectivity index (χ1) is 12.5. The molecule has 138 valence electrons. The zero-order chi connectivity index (χ0) is 18.7. The second-order valence-corrected chi connectivity index (χ2v) is 10.2. The molecule has 3 heterocycles. The summed E-state index contributed by atoms with van der Waals surface area (Å²) in [5.41, 5.74) is 3.72. The molecule has 0 radical (unpaired) electrons. The highest BCUT2D eigenvalue weighted by atomic mass is 32.2. The normalized spacial score (nSPS) is 11.2. The lowest BCUT2D eigenvalue weighted by atomic mass is 10.2. The fourth-order valence-corrected chi connectivity index (χ4v) is 6.23. The van der Waals surface area contributed by atoms with Crippen molar-refractivity contribution in [3.8, 4) is 5.13 Å². The van der Waals surface area contributed by atoms with Crippen LogP contribution in [-0.2, 0) is 0 Å². The van der Waals surface area contributed by atoms with Gasteiger partial charge in [0.2, 0.25) is 0 Å². The minimum absolute atomic E-state index is 0.112. The molecule has 0 fully saturated rings. The Balaban J connectivity index is 1.69. The van der Waals surface area contributed by atoms with E-state index in [4.69, 9.17) is 0 Å². The Morgan fingerprint density at radius 3 is 2.58 bits per heavy atom. The third kappa shape index (κ3) is 4.39. The average molecular weight is 425 g/mol. The lowest BCUT2D eigenvalue weighted by Gasteiger charge is -2.05. The van der Waals surface area contributed by atoms with Crippen LogP contribution in [0.3, 0.4) is 0 Å². The summed E-state index contributed by atoms with van der Waals surface area (Å²) in [6.07, 6.45) is 1.11. The topological polar surface area (TPSA) is 60.7 Å². The molecule has 3 rings (SSSR count). The van der Waals surface area contributed by atoms with Gasteiger partial charge in [-0.05, 0) is 33.3 Å². The highest BCUT2D eigenvalue weighted by Gasteiger charge is 2.19. The van der Waals surface area contributed by atoms with Gasteiger partial charge in [0, 0.05) is 28.1 Å². The monoisotopic (exact) mass is 424 g/mol. The van der Waals surface area contributed by atoms with Gasteiger partial charge < -0.3 is 0 Å². The van der Waals surface area contributed by atoms with Crippen LogP contribution < -0.4 is 0 Å². The molecule has 0 aliphatic heterocycles. The average Bonchev–Trinajstić information content (AvgIpc) is 3.30. The molecule has 0 atom stereocenters. The number of carbonyl (C=O) groups excluding carboxylic acids is 1. The van der Waals surface area contributed by atoms with E-state index in [-0.39, 0.29) is 5.78 Å². The Hall–Kier alpha value is -1.16. The van der Waals surface area contributed by atoms with Crippen LogP contribution in [0.5, 0.6) is 0 Å². The minimum Gasteiger partial charge on any atom is -0.294 e. The maximum Gasteiger partial charge on any atom is 0.194 e. The molecule has 0 N–H and O–H groups in total. The number of thioether (sulfide) groups is 2. The molecule has 0 saturated heterocycles. The quantitative estimate of drug-likeness (QED) is 0.366. The van der Waals surface area contributed by atoms with Gasteiger partial charge in [0.25, 0.3) is 0 Å². The van der Waals surface area contributed by atoms with Gasteiger partial charge in [-0.2, -0.15) is 0 Å². The molecule has 3 aromatic rings. The fraction of sp³-hybridized carbons (Fsp3) is 0.412. The van der Waals surface area contributed by atoms with Crippen LogP contribution in [0.4, 0.5) is 0 Å². The third-order valence-electron chi connectivity index (χ3n) is 3.67. The summed E-state index contributed by atoms with van der Waals surface area (Å²) in [4.78, 5) is 17.3. The second-order valence-electron chi connectivity index (χ2n) is 5.79. The number of aromatic nitrogens is 4. The summed E-state index contributed by atoms with van der Waals surface area (Å²) < 4.78 is 3.88. The zero-order valence-electron chi connectivity index (χ0n) is 15.1. The largest absolute Gasteiger partial charge is 0.294 e.